The molecule has 1 aromatic rings. The van der Waals surface area contributed by atoms with Gasteiger partial charge in [-0.3, -0.25) is 14.9 Å². The summed E-state index contributed by atoms with van der Waals surface area (Å²) in [6, 6.07) is 4.53. The molecule has 0 aromatic heterocycles. The van der Waals surface area contributed by atoms with E-state index >= 15 is 0 Å². The van der Waals surface area contributed by atoms with Crippen LogP contribution in [0.4, 0.5) is 11.4 Å². The lowest BCUT2D eigenvalue weighted by Crippen LogP contribution is -2.40. The molecule has 0 radical (unpaired) electrons. The summed E-state index contributed by atoms with van der Waals surface area (Å²) >= 11 is 0. The average molecular weight is 295 g/mol. The molecule has 0 aliphatic carbocycles. The number of anilines is 1. The summed E-state index contributed by atoms with van der Waals surface area (Å²) in [6.45, 7) is 5.78. The predicted molar refractivity (Wildman–Crippen MR) is 80.2 cm³/mol. The molecular weight excluding hydrogens is 274 g/mol. The number of aliphatic hydroxyl groups excluding tert-OH is 1. The third kappa shape index (κ3) is 4.71. The first kappa shape index (κ1) is 16.9. The summed E-state index contributed by atoms with van der Waals surface area (Å²) in [5, 5.41) is 23.0. The van der Waals surface area contributed by atoms with E-state index in [0.29, 0.717) is 17.8 Å². The lowest BCUT2D eigenvalue weighted by molar-refractivity contribution is -0.384. The van der Waals surface area contributed by atoms with Crippen LogP contribution in [0.5, 0.6) is 0 Å². The molecule has 0 saturated heterocycles. The standard InChI is InChI=1S/C14H21N3O4/c1-4-16(8-14(19)15-10(2)3)12-6-5-11(9-18)7-13(12)17(20)21/h5-7,10,18H,4,8-9H2,1-3H3,(H,15,19). The molecule has 7 heteroatoms. The first-order valence-corrected chi connectivity index (χ1v) is 6.81. The molecule has 0 aliphatic heterocycles. The Kier molecular flexibility index (Phi) is 6.10. The van der Waals surface area contributed by atoms with Crippen molar-refractivity contribution in [1.82, 2.24) is 5.32 Å². The molecule has 1 rings (SSSR count). The minimum absolute atomic E-state index is 0.0166. The van der Waals surface area contributed by atoms with Crippen LogP contribution >= 0.6 is 0 Å². The van der Waals surface area contributed by atoms with Crippen LogP contribution in [-0.4, -0.2) is 35.1 Å². The maximum absolute atomic E-state index is 11.8. The van der Waals surface area contributed by atoms with E-state index in [9.17, 15) is 14.9 Å². The molecule has 0 fully saturated rings. The summed E-state index contributed by atoms with van der Waals surface area (Å²) in [5.74, 6) is -0.188. The van der Waals surface area contributed by atoms with Gasteiger partial charge in [-0.15, -0.1) is 0 Å². The number of nitrogens with one attached hydrogen (secondary N) is 1. The van der Waals surface area contributed by atoms with Crippen LogP contribution in [0.2, 0.25) is 0 Å². The van der Waals surface area contributed by atoms with Gasteiger partial charge in [0.2, 0.25) is 5.91 Å². The van der Waals surface area contributed by atoms with E-state index in [0.717, 1.165) is 0 Å². The van der Waals surface area contributed by atoms with Crippen LogP contribution in [0.3, 0.4) is 0 Å². The number of nitrogens with zero attached hydrogens (tertiary/aromatic N) is 2. The van der Waals surface area contributed by atoms with Gasteiger partial charge < -0.3 is 15.3 Å². The summed E-state index contributed by atoms with van der Waals surface area (Å²) in [7, 11) is 0. The topological polar surface area (TPSA) is 95.7 Å². The molecule has 0 heterocycles. The molecule has 7 nitrogen and oxygen atoms in total. The summed E-state index contributed by atoms with van der Waals surface area (Å²) in [6.07, 6.45) is 0. The predicted octanol–water partition coefficient (Wildman–Crippen LogP) is 1.44. The maximum Gasteiger partial charge on any atom is 0.292 e. The molecule has 1 amide bonds. The molecular formula is C14H21N3O4. The molecule has 0 aliphatic rings. The fourth-order valence-electron chi connectivity index (χ4n) is 1.99. The van der Waals surface area contributed by atoms with Crippen molar-refractivity contribution in [3.63, 3.8) is 0 Å². The van der Waals surface area contributed by atoms with Crippen LogP contribution in [0, 0.1) is 10.1 Å². The molecule has 0 atom stereocenters. The molecule has 1 aromatic carbocycles. The van der Waals surface area contributed by atoms with E-state index < -0.39 is 4.92 Å². The van der Waals surface area contributed by atoms with Crippen molar-refractivity contribution < 1.29 is 14.8 Å². The average Bonchev–Trinajstić information content (AvgIpc) is 2.43. The lowest BCUT2D eigenvalue weighted by Gasteiger charge is -2.23. The Balaban J connectivity index is 3.04. The number of amides is 1. The number of benzene rings is 1. The second-order valence-corrected chi connectivity index (χ2v) is 4.97. The second kappa shape index (κ2) is 7.58. The zero-order valence-electron chi connectivity index (χ0n) is 12.5. The fourth-order valence-corrected chi connectivity index (χ4v) is 1.99. The number of aliphatic hydroxyl groups is 1. The van der Waals surface area contributed by atoms with Gasteiger partial charge in [0.15, 0.2) is 0 Å². The Bertz CT molecular complexity index is 517. The van der Waals surface area contributed by atoms with Gasteiger partial charge in [0, 0.05) is 18.7 Å². The van der Waals surface area contributed by atoms with Gasteiger partial charge in [-0.05, 0) is 32.4 Å². The van der Waals surface area contributed by atoms with Crippen LogP contribution in [-0.2, 0) is 11.4 Å². The zero-order chi connectivity index (χ0) is 16.0. The monoisotopic (exact) mass is 295 g/mol. The highest BCUT2D eigenvalue weighted by Gasteiger charge is 2.21. The number of rotatable bonds is 7. The van der Waals surface area contributed by atoms with Crippen LogP contribution in [0.15, 0.2) is 18.2 Å². The molecule has 21 heavy (non-hydrogen) atoms. The van der Waals surface area contributed by atoms with Crippen molar-refractivity contribution in [2.24, 2.45) is 0 Å². The van der Waals surface area contributed by atoms with Gasteiger partial charge in [-0.1, -0.05) is 6.07 Å². The van der Waals surface area contributed by atoms with E-state index in [1.807, 2.05) is 20.8 Å². The smallest absolute Gasteiger partial charge is 0.292 e. The second-order valence-electron chi connectivity index (χ2n) is 4.97. The third-order valence-corrected chi connectivity index (χ3v) is 2.93. The minimum atomic E-state index is -0.502. The molecule has 0 spiro atoms. The summed E-state index contributed by atoms with van der Waals surface area (Å²) in [5.41, 5.74) is 0.729. The highest BCUT2D eigenvalue weighted by molar-refractivity contribution is 5.82. The molecule has 116 valence electrons. The quantitative estimate of drug-likeness (QED) is 0.586. The fraction of sp³-hybridized carbons (Fsp3) is 0.500. The largest absolute Gasteiger partial charge is 0.392 e. The third-order valence-electron chi connectivity index (χ3n) is 2.93. The number of carbonyl (C=O) groups is 1. The van der Waals surface area contributed by atoms with Gasteiger partial charge >= 0.3 is 0 Å². The van der Waals surface area contributed by atoms with E-state index in [2.05, 4.69) is 5.32 Å². The van der Waals surface area contributed by atoms with Crippen LogP contribution in [0.25, 0.3) is 0 Å². The van der Waals surface area contributed by atoms with Crippen molar-refractivity contribution in [2.45, 2.75) is 33.4 Å². The molecule has 0 unspecified atom stereocenters. The number of likely N-dealkylation sites (N-methyl/N-ethyl adjacent to an activating group) is 1. The Labute approximate surface area is 123 Å². The highest BCUT2D eigenvalue weighted by Crippen LogP contribution is 2.29. The molecule has 2 N–H and O–H groups in total. The van der Waals surface area contributed by atoms with Gasteiger partial charge in [-0.2, -0.15) is 0 Å². The Morgan fingerprint density at radius 3 is 2.62 bits per heavy atom. The number of nitro benzene ring substituents is 1. The highest BCUT2D eigenvalue weighted by atomic mass is 16.6. The molecule has 0 bridgehead atoms. The number of carbonyl (C=O) groups excluding carboxylic acids is 1. The van der Waals surface area contributed by atoms with E-state index in [1.165, 1.54) is 6.07 Å². The first-order chi connectivity index (χ1) is 9.88. The Morgan fingerprint density at radius 1 is 1.48 bits per heavy atom. The van der Waals surface area contributed by atoms with E-state index in [4.69, 9.17) is 5.11 Å². The van der Waals surface area contributed by atoms with Crippen molar-refractivity contribution >= 4 is 17.3 Å². The van der Waals surface area contributed by atoms with Crippen molar-refractivity contribution in [3.8, 4) is 0 Å². The van der Waals surface area contributed by atoms with Crippen LogP contribution in [0.1, 0.15) is 26.3 Å². The van der Waals surface area contributed by atoms with Gasteiger partial charge in [0.1, 0.15) is 5.69 Å². The van der Waals surface area contributed by atoms with Gasteiger partial charge in [0.05, 0.1) is 18.1 Å². The maximum atomic E-state index is 11.8. The van der Waals surface area contributed by atoms with Crippen molar-refractivity contribution in [3.05, 3.63) is 33.9 Å². The van der Waals surface area contributed by atoms with Crippen LogP contribution < -0.4 is 10.2 Å². The number of hydrogen-bond donors (Lipinski definition) is 2. The summed E-state index contributed by atoms with van der Waals surface area (Å²) in [4.78, 5) is 24.1. The number of hydrogen-bond acceptors (Lipinski definition) is 5. The summed E-state index contributed by atoms with van der Waals surface area (Å²) < 4.78 is 0. The normalized spacial score (nSPS) is 10.5. The Hall–Kier alpha value is -2.15. The first-order valence-electron chi connectivity index (χ1n) is 6.81. The van der Waals surface area contributed by atoms with E-state index in [-0.39, 0.29) is 30.8 Å². The van der Waals surface area contributed by atoms with Crippen molar-refractivity contribution in [2.75, 3.05) is 18.0 Å². The van der Waals surface area contributed by atoms with Crippen molar-refractivity contribution in [1.29, 1.82) is 0 Å². The molecule has 0 saturated carbocycles. The SMILES string of the molecule is CCN(CC(=O)NC(C)C)c1ccc(CO)cc1[N+](=O)[O-]. The van der Waals surface area contributed by atoms with Gasteiger partial charge in [-0.25, -0.2) is 0 Å². The Morgan fingerprint density at radius 2 is 2.14 bits per heavy atom. The van der Waals surface area contributed by atoms with E-state index in [1.54, 1.807) is 17.0 Å². The zero-order valence-corrected chi connectivity index (χ0v) is 12.5. The lowest BCUT2D eigenvalue weighted by atomic mass is 10.1. The minimum Gasteiger partial charge on any atom is -0.392 e. The number of nitro groups is 1. The van der Waals surface area contributed by atoms with Gasteiger partial charge in [0.25, 0.3) is 5.69 Å².